The Hall–Kier alpha value is -1.75. The Morgan fingerprint density at radius 2 is 1.86 bits per heavy atom. The van der Waals surface area contributed by atoms with Crippen LogP contribution in [-0.2, 0) is 11.3 Å². The molecule has 1 aromatic carbocycles. The van der Waals surface area contributed by atoms with E-state index in [2.05, 4.69) is 15.6 Å². The van der Waals surface area contributed by atoms with E-state index in [0.29, 0.717) is 17.5 Å². The Kier molecular flexibility index (Phi) is 6.68. The summed E-state index contributed by atoms with van der Waals surface area (Å²) in [6.07, 6.45) is 0. The molecular weight excluding hydrogens is 300 g/mol. The van der Waals surface area contributed by atoms with Crippen molar-refractivity contribution in [2.45, 2.75) is 32.9 Å². The second-order valence-electron chi connectivity index (χ2n) is 6.18. The van der Waals surface area contributed by atoms with Crippen LogP contribution >= 0.6 is 11.6 Å². The van der Waals surface area contributed by atoms with Crippen molar-refractivity contribution in [2.75, 3.05) is 20.6 Å². The summed E-state index contributed by atoms with van der Waals surface area (Å²) in [5.74, 6) is 0.604. The molecule has 1 amide bonds. The molecule has 0 aliphatic heterocycles. The van der Waals surface area contributed by atoms with E-state index in [9.17, 15) is 4.79 Å². The Bertz CT molecular complexity index is 520. The first kappa shape index (κ1) is 18.3. The highest BCUT2D eigenvalue weighted by atomic mass is 35.5. The van der Waals surface area contributed by atoms with Gasteiger partial charge in [0.1, 0.15) is 0 Å². The lowest BCUT2D eigenvalue weighted by molar-refractivity contribution is -0.121. The third-order valence-corrected chi connectivity index (χ3v) is 3.08. The minimum atomic E-state index is -0.239. The molecule has 122 valence electrons. The van der Waals surface area contributed by atoms with E-state index in [1.165, 1.54) is 0 Å². The Balaban J connectivity index is 2.53. The van der Waals surface area contributed by atoms with Crippen LogP contribution in [0.3, 0.4) is 0 Å². The van der Waals surface area contributed by atoms with Gasteiger partial charge in [-0.1, -0.05) is 23.7 Å². The number of hydrogen-bond acceptors (Lipinski definition) is 2. The molecule has 0 fully saturated rings. The highest BCUT2D eigenvalue weighted by molar-refractivity contribution is 6.30. The van der Waals surface area contributed by atoms with Gasteiger partial charge in [0, 0.05) is 31.2 Å². The minimum Gasteiger partial charge on any atom is -0.350 e. The van der Waals surface area contributed by atoms with Gasteiger partial charge in [0.15, 0.2) is 5.96 Å². The van der Waals surface area contributed by atoms with Gasteiger partial charge in [0.2, 0.25) is 5.91 Å². The molecular formula is C16H25ClN4O. The SMILES string of the molecule is CN=C(NCC(=O)NC(C)(C)C)N(C)Cc1ccc(Cl)cc1. The van der Waals surface area contributed by atoms with E-state index >= 15 is 0 Å². The zero-order valence-corrected chi connectivity index (χ0v) is 14.7. The van der Waals surface area contributed by atoms with Crippen molar-refractivity contribution in [3.05, 3.63) is 34.9 Å². The van der Waals surface area contributed by atoms with Crippen molar-refractivity contribution in [1.82, 2.24) is 15.5 Å². The maximum atomic E-state index is 11.8. The van der Waals surface area contributed by atoms with Gasteiger partial charge in [-0.25, -0.2) is 0 Å². The maximum absolute atomic E-state index is 11.8. The summed E-state index contributed by atoms with van der Waals surface area (Å²) in [5.41, 5.74) is 0.881. The van der Waals surface area contributed by atoms with Crippen LogP contribution in [0.2, 0.25) is 5.02 Å². The third kappa shape index (κ3) is 6.80. The molecule has 0 atom stereocenters. The number of guanidine groups is 1. The van der Waals surface area contributed by atoms with E-state index < -0.39 is 0 Å². The highest BCUT2D eigenvalue weighted by Crippen LogP contribution is 2.10. The molecule has 1 aromatic rings. The van der Waals surface area contributed by atoms with Gasteiger partial charge in [-0.05, 0) is 38.5 Å². The Morgan fingerprint density at radius 3 is 2.36 bits per heavy atom. The molecule has 0 bridgehead atoms. The molecule has 6 heteroatoms. The summed E-state index contributed by atoms with van der Waals surface area (Å²) in [5, 5.41) is 6.68. The van der Waals surface area contributed by atoms with Gasteiger partial charge >= 0.3 is 0 Å². The molecule has 0 saturated heterocycles. The van der Waals surface area contributed by atoms with Crippen molar-refractivity contribution in [2.24, 2.45) is 4.99 Å². The largest absolute Gasteiger partial charge is 0.350 e. The van der Waals surface area contributed by atoms with Gasteiger partial charge in [0.25, 0.3) is 0 Å². The van der Waals surface area contributed by atoms with Crippen molar-refractivity contribution in [1.29, 1.82) is 0 Å². The molecule has 0 unspecified atom stereocenters. The van der Waals surface area contributed by atoms with E-state index in [1.54, 1.807) is 7.05 Å². The number of halogens is 1. The molecule has 0 saturated carbocycles. The smallest absolute Gasteiger partial charge is 0.239 e. The van der Waals surface area contributed by atoms with Gasteiger partial charge in [0.05, 0.1) is 6.54 Å². The lowest BCUT2D eigenvalue weighted by Crippen LogP contribution is -2.48. The van der Waals surface area contributed by atoms with E-state index in [4.69, 9.17) is 11.6 Å². The average molecular weight is 325 g/mol. The number of carbonyl (C=O) groups is 1. The van der Waals surface area contributed by atoms with Gasteiger partial charge < -0.3 is 15.5 Å². The van der Waals surface area contributed by atoms with Crippen molar-refractivity contribution in [3.63, 3.8) is 0 Å². The number of nitrogens with zero attached hydrogens (tertiary/aromatic N) is 2. The van der Waals surface area contributed by atoms with Crippen molar-refractivity contribution < 1.29 is 4.79 Å². The fourth-order valence-corrected chi connectivity index (χ4v) is 2.07. The van der Waals surface area contributed by atoms with Crippen molar-refractivity contribution >= 4 is 23.5 Å². The van der Waals surface area contributed by atoms with E-state index in [0.717, 1.165) is 5.56 Å². The van der Waals surface area contributed by atoms with Crippen LogP contribution < -0.4 is 10.6 Å². The summed E-state index contributed by atoms with van der Waals surface area (Å²) in [6.45, 7) is 6.72. The normalized spacial score (nSPS) is 12.0. The fourth-order valence-electron chi connectivity index (χ4n) is 1.95. The first-order valence-electron chi connectivity index (χ1n) is 7.18. The van der Waals surface area contributed by atoms with Crippen LogP contribution in [-0.4, -0.2) is 42.9 Å². The first-order chi connectivity index (χ1) is 10.2. The molecule has 0 spiro atoms. The highest BCUT2D eigenvalue weighted by Gasteiger charge is 2.14. The number of rotatable bonds is 4. The second kappa shape index (κ2) is 8.03. The fraction of sp³-hybridized carbons (Fsp3) is 0.500. The molecule has 1 rings (SSSR count). The number of hydrogen-bond donors (Lipinski definition) is 2. The van der Waals surface area contributed by atoms with Crippen LogP contribution in [0.5, 0.6) is 0 Å². The zero-order valence-electron chi connectivity index (χ0n) is 13.9. The number of carbonyl (C=O) groups excluding carboxylic acids is 1. The number of aliphatic imine (C=N–C) groups is 1. The molecule has 0 aromatic heterocycles. The summed E-state index contributed by atoms with van der Waals surface area (Å²) in [7, 11) is 3.62. The lowest BCUT2D eigenvalue weighted by Gasteiger charge is -2.24. The Morgan fingerprint density at radius 1 is 1.27 bits per heavy atom. The molecule has 0 aliphatic rings. The standard InChI is InChI=1S/C16H25ClN4O/c1-16(2,3)20-14(22)10-19-15(18-4)21(5)11-12-6-8-13(17)9-7-12/h6-9H,10-11H2,1-5H3,(H,18,19)(H,20,22). The van der Waals surface area contributed by atoms with Crippen LogP contribution in [0, 0.1) is 0 Å². The molecule has 0 radical (unpaired) electrons. The summed E-state index contributed by atoms with van der Waals surface area (Å²) in [6, 6.07) is 7.66. The molecule has 22 heavy (non-hydrogen) atoms. The van der Waals surface area contributed by atoms with Gasteiger partial charge in [-0.3, -0.25) is 9.79 Å². The summed E-state index contributed by atoms with van der Waals surface area (Å²) < 4.78 is 0. The molecule has 0 aliphatic carbocycles. The van der Waals surface area contributed by atoms with E-state index in [-0.39, 0.29) is 18.0 Å². The summed E-state index contributed by atoms with van der Waals surface area (Å²) in [4.78, 5) is 18.0. The van der Waals surface area contributed by atoms with Crippen LogP contribution in [0.25, 0.3) is 0 Å². The lowest BCUT2D eigenvalue weighted by atomic mass is 10.1. The van der Waals surface area contributed by atoms with Crippen LogP contribution in [0.15, 0.2) is 29.3 Å². The monoisotopic (exact) mass is 324 g/mol. The average Bonchev–Trinajstić information content (AvgIpc) is 2.40. The second-order valence-corrected chi connectivity index (χ2v) is 6.62. The predicted molar refractivity (Wildman–Crippen MR) is 92.2 cm³/mol. The number of amides is 1. The first-order valence-corrected chi connectivity index (χ1v) is 7.56. The number of nitrogens with one attached hydrogen (secondary N) is 2. The van der Waals surface area contributed by atoms with Crippen LogP contribution in [0.4, 0.5) is 0 Å². The zero-order chi connectivity index (χ0) is 16.8. The van der Waals surface area contributed by atoms with Crippen LogP contribution in [0.1, 0.15) is 26.3 Å². The van der Waals surface area contributed by atoms with Crippen molar-refractivity contribution in [3.8, 4) is 0 Å². The molecule has 5 nitrogen and oxygen atoms in total. The maximum Gasteiger partial charge on any atom is 0.239 e. The topological polar surface area (TPSA) is 56.7 Å². The van der Waals surface area contributed by atoms with E-state index in [1.807, 2.05) is 57.0 Å². The minimum absolute atomic E-state index is 0.0615. The quantitative estimate of drug-likeness (QED) is 0.660. The number of benzene rings is 1. The van der Waals surface area contributed by atoms with Gasteiger partial charge in [-0.2, -0.15) is 0 Å². The summed E-state index contributed by atoms with van der Waals surface area (Å²) >= 11 is 5.88. The molecule has 0 heterocycles. The molecule has 2 N–H and O–H groups in total. The Labute approximate surface area is 137 Å². The predicted octanol–water partition coefficient (Wildman–Crippen LogP) is 2.26. The third-order valence-electron chi connectivity index (χ3n) is 2.83. The van der Waals surface area contributed by atoms with Gasteiger partial charge in [-0.15, -0.1) is 0 Å².